The largest absolute Gasteiger partial charge is 0.385 e. The van der Waals surface area contributed by atoms with E-state index >= 15 is 0 Å². The Hall–Kier alpha value is -1.40. The standard InChI is InChI=1S/C18H27NO4S/c1-14-7-8-16(13-15(14)2)24(21,22)18(9-4-5-10-18)17(20)19-11-6-12-23-3/h7-8,13H,4-6,9-12H2,1-3H3,(H,19,20). The van der Waals surface area contributed by atoms with Gasteiger partial charge in [0.15, 0.2) is 14.6 Å². The normalized spacial score (nSPS) is 17.0. The van der Waals surface area contributed by atoms with Gasteiger partial charge in [-0.25, -0.2) is 8.42 Å². The number of carbonyl (C=O) groups excluding carboxylic acids is 1. The molecule has 24 heavy (non-hydrogen) atoms. The lowest BCUT2D eigenvalue weighted by Crippen LogP contribution is -2.50. The zero-order chi connectivity index (χ0) is 17.8. The fourth-order valence-electron chi connectivity index (χ4n) is 3.25. The maximum absolute atomic E-state index is 13.3. The molecule has 0 saturated heterocycles. The van der Waals surface area contributed by atoms with E-state index in [1.54, 1.807) is 25.3 Å². The van der Waals surface area contributed by atoms with Crippen molar-refractivity contribution in [3.8, 4) is 0 Å². The lowest BCUT2D eigenvalue weighted by molar-refractivity contribution is -0.123. The first-order chi connectivity index (χ1) is 11.3. The van der Waals surface area contributed by atoms with Crippen molar-refractivity contribution in [2.75, 3.05) is 20.3 Å². The van der Waals surface area contributed by atoms with Crippen molar-refractivity contribution in [3.05, 3.63) is 29.3 Å². The van der Waals surface area contributed by atoms with E-state index in [0.717, 1.165) is 24.0 Å². The molecule has 1 aliphatic carbocycles. The number of nitrogens with one attached hydrogen (secondary N) is 1. The molecule has 134 valence electrons. The second-order valence-corrected chi connectivity index (χ2v) is 8.81. The highest BCUT2D eigenvalue weighted by Crippen LogP contribution is 2.41. The number of benzene rings is 1. The Morgan fingerprint density at radius 3 is 2.46 bits per heavy atom. The molecule has 1 fully saturated rings. The van der Waals surface area contributed by atoms with Crippen molar-refractivity contribution >= 4 is 15.7 Å². The number of ether oxygens (including phenoxy) is 1. The molecule has 6 heteroatoms. The topological polar surface area (TPSA) is 72.5 Å². The maximum atomic E-state index is 13.3. The van der Waals surface area contributed by atoms with Gasteiger partial charge >= 0.3 is 0 Å². The molecule has 0 atom stereocenters. The van der Waals surface area contributed by atoms with Crippen LogP contribution in [0.2, 0.25) is 0 Å². The number of aryl methyl sites for hydroxylation is 2. The van der Waals surface area contributed by atoms with Crippen molar-refractivity contribution in [2.24, 2.45) is 0 Å². The molecule has 0 bridgehead atoms. The van der Waals surface area contributed by atoms with Crippen LogP contribution >= 0.6 is 0 Å². The minimum absolute atomic E-state index is 0.250. The quantitative estimate of drug-likeness (QED) is 0.765. The minimum atomic E-state index is -3.72. The second kappa shape index (κ2) is 7.66. The Labute approximate surface area is 144 Å². The molecule has 1 aromatic rings. The first kappa shape index (κ1) is 18.9. The third-order valence-electron chi connectivity index (χ3n) is 4.94. The SMILES string of the molecule is COCCCNC(=O)C1(S(=O)(=O)c2ccc(C)c(C)c2)CCCC1. The van der Waals surface area contributed by atoms with Crippen LogP contribution in [-0.4, -0.2) is 39.3 Å². The number of rotatable bonds is 7. The summed E-state index contributed by atoms with van der Waals surface area (Å²) in [4.78, 5) is 13.0. The Morgan fingerprint density at radius 1 is 1.21 bits per heavy atom. The maximum Gasteiger partial charge on any atom is 0.241 e. The molecule has 0 unspecified atom stereocenters. The van der Waals surface area contributed by atoms with E-state index in [-0.39, 0.29) is 10.8 Å². The summed E-state index contributed by atoms with van der Waals surface area (Å²) < 4.78 is 30.2. The number of methoxy groups -OCH3 is 1. The van der Waals surface area contributed by atoms with Crippen LogP contribution in [0.3, 0.4) is 0 Å². The van der Waals surface area contributed by atoms with Gasteiger partial charge in [-0.1, -0.05) is 18.9 Å². The highest BCUT2D eigenvalue weighted by atomic mass is 32.2. The van der Waals surface area contributed by atoms with Gasteiger partial charge < -0.3 is 10.1 Å². The van der Waals surface area contributed by atoms with E-state index in [2.05, 4.69) is 5.32 Å². The number of hydrogen-bond acceptors (Lipinski definition) is 4. The molecule has 0 spiro atoms. The van der Waals surface area contributed by atoms with Gasteiger partial charge in [0.2, 0.25) is 5.91 Å². The van der Waals surface area contributed by atoms with Gasteiger partial charge in [0.05, 0.1) is 4.90 Å². The Morgan fingerprint density at radius 2 is 1.88 bits per heavy atom. The van der Waals surface area contributed by atoms with Crippen LogP contribution in [0.5, 0.6) is 0 Å². The van der Waals surface area contributed by atoms with E-state index in [4.69, 9.17) is 4.74 Å². The van der Waals surface area contributed by atoms with Crippen molar-refractivity contribution in [1.82, 2.24) is 5.32 Å². The third kappa shape index (κ3) is 3.49. The molecule has 0 radical (unpaired) electrons. The Bertz CT molecular complexity index is 691. The molecule has 0 heterocycles. The second-order valence-electron chi connectivity index (χ2n) is 6.55. The van der Waals surface area contributed by atoms with Crippen molar-refractivity contribution in [2.45, 2.75) is 55.6 Å². The smallest absolute Gasteiger partial charge is 0.241 e. The molecular formula is C18H27NO4S. The molecule has 1 amide bonds. The summed E-state index contributed by atoms with van der Waals surface area (Å²) in [5.41, 5.74) is 1.96. The summed E-state index contributed by atoms with van der Waals surface area (Å²) in [7, 11) is -2.12. The summed E-state index contributed by atoms with van der Waals surface area (Å²) in [6.45, 7) is 4.80. The van der Waals surface area contributed by atoms with Gasteiger partial charge in [-0.15, -0.1) is 0 Å². The van der Waals surface area contributed by atoms with Crippen LogP contribution in [0, 0.1) is 13.8 Å². The molecule has 0 aromatic heterocycles. The lowest BCUT2D eigenvalue weighted by Gasteiger charge is -2.28. The van der Waals surface area contributed by atoms with Gasteiger partial charge in [0, 0.05) is 20.3 Å². The molecule has 2 rings (SSSR count). The van der Waals surface area contributed by atoms with Crippen molar-refractivity contribution in [1.29, 1.82) is 0 Å². The van der Waals surface area contributed by atoms with Crippen LogP contribution in [-0.2, 0) is 19.4 Å². The molecule has 1 N–H and O–H groups in total. The number of hydrogen-bond donors (Lipinski definition) is 1. The summed E-state index contributed by atoms with van der Waals surface area (Å²) in [6.07, 6.45) is 2.96. The third-order valence-corrected chi connectivity index (χ3v) is 7.44. The zero-order valence-corrected chi connectivity index (χ0v) is 15.5. The minimum Gasteiger partial charge on any atom is -0.385 e. The Balaban J connectivity index is 2.30. The molecule has 5 nitrogen and oxygen atoms in total. The number of carbonyl (C=O) groups is 1. The average Bonchev–Trinajstić information content (AvgIpc) is 3.05. The first-order valence-corrected chi connectivity index (χ1v) is 9.92. The van der Waals surface area contributed by atoms with Crippen molar-refractivity contribution < 1.29 is 17.9 Å². The monoisotopic (exact) mass is 353 g/mol. The fourth-order valence-corrected chi connectivity index (χ4v) is 5.42. The van der Waals surface area contributed by atoms with Crippen LogP contribution < -0.4 is 5.32 Å². The van der Waals surface area contributed by atoms with E-state index in [0.29, 0.717) is 32.4 Å². The van der Waals surface area contributed by atoms with Crippen molar-refractivity contribution in [3.63, 3.8) is 0 Å². The average molecular weight is 353 g/mol. The predicted molar refractivity (Wildman–Crippen MR) is 93.8 cm³/mol. The van der Waals surface area contributed by atoms with Gasteiger partial charge in [0.25, 0.3) is 0 Å². The fraction of sp³-hybridized carbons (Fsp3) is 0.611. The molecule has 1 saturated carbocycles. The first-order valence-electron chi connectivity index (χ1n) is 8.44. The molecule has 1 aliphatic rings. The highest BCUT2D eigenvalue weighted by molar-refractivity contribution is 7.93. The molecule has 0 aliphatic heterocycles. The van der Waals surface area contributed by atoms with Gasteiger partial charge in [0.1, 0.15) is 0 Å². The number of sulfone groups is 1. The van der Waals surface area contributed by atoms with Crippen LogP contribution in [0.15, 0.2) is 23.1 Å². The zero-order valence-electron chi connectivity index (χ0n) is 14.7. The Kier molecular flexibility index (Phi) is 6.04. The van der Waals surface area contributed by atoms with Crippen LogP contribution in [0.1, 0.15) is 43.2 Å². The number of amides is 1. The summed E-state index contributed by atoms with van der Waals surface area (Å²) in [5, 5.41) is 2.80. The van der Waals surface area contributed by atoms with E-state index in [9.17, 15) is 13.2 Å². The predicted octanol–water partition coefficient (Wildman–Crippen LogP) is 2.54. The van der Waals surface area contributed by atoms with Crippen LogP contribution in [0.4, 0.5) is 0 Å². The van der Waals surface area contributed by atoms with E-state index < -0.39 is 14.6 Å². The van der Waals surface area contributed by atoms with Crippen LogP contribution in [0.25, 0.3) is 0 Å². The molecule has 1 aromatic carbocycles. The highest BCUT2D eigenvalue weighted by Gasteiger charge is 2.52. The van der Waals surface area contributed by atoms with Gasteiger partial charge in [-0.05, 0) is 56.4 Å². The van der Waals surface area contributed by atoms with Gasteiger partial charge in [-0.3, -0.25) is 4.79 Å². The van der Waals surface area contributed by atoms with E-state index in [1.165, 1.54) is 0 Å². The van der Waals surface area contributed by atoms with E-state index in [1.807, 2.05) is 13.8 Å². The summed E-state index contributed by atoms with van der Waals surface area (Å²) >= 11 is 0. The molecular weight excluding hydrogens is 326 g/mol. The summed E-state index contributed by atoms with van der Waals surface area (Å²) in [6, 6.07) is 5.11. The lowest BCUT2D eigenvalue weighted by atomic mass is 10.1. The van der Waals surface area contributed by atoms with Gasteiger partial charge in [-0.2, -0.15) is 0 Å². The summed E-state index contributed by atoms with van der Waals surface area (Å²) in [5.74, 6) is -0.366.